The highest BCUT2D eigenvalue weighted by Crippen LogP contribution is 2.45. The Morgan fingerprint density at radius 1 is 1.44 bits per heavy atom. The summed E-state index contributed by atoms with van der Waals surface area (Å²) in [6, 6.07) is 0. The van der Waals surface area contributed by atoms with Crippen LogP contribution in [0.5, 0.6) is 0 Å². The van der Waals surface area contributed by atoms with Gasteiger partial charge < -0.3 is 18.9 Å². The normalized spacial score (nSPS) is 37.3. The molecule has 2 aliphatic rings. The van der Waals surface area contributed by atoms with Crippen molar-refractivity contribution in [3.05, 3.63) is 11.6 Å². The maximum Gasteiger partial charge on any atom is 0.338 e. The zero-order valence-corrected chi connectivity index (χ0v) is 11.5. The minimum Gasteiger partial charge on any atom is -0.467 e. The number of carbonyl (C=O) groups is 1. The summed E-state index contributed by atoms with van der Waals surface area (Å²) in [7, 11) is 1.31. The summed E-state index contributed by atoms with van der Waals surface area (Å²) >= 11 is 5.80. The Balaban J connectivity index is 2.17. The largest absolute Gasteiger partial charge is 0.467 e. The molecule has 0 radical (unpaired) electrons. The predicted molar refractivity (Wildman–Crippen MR) is 63.9 cm³/mol. The quantitative estimate of drug-likeness (QED) is 0.738. The SMILES string of the molecule is C=C(Cl)C[C@]1(C(=O)OC)C[C@H]2OC(C)(C)O[C@H]2O1. The Bertz CT molecular complexity index is 363. The third kappa shape index (κ3) is 2.40. The Hall–Kier alpha value is -0.620. The molecule has 2 heterocycles. The number of esters is 1. The second-order valence-electron chi connectivity index (χ2n) is 5.04. The fraction of sp³-hybridized carbons (Fsp3) is 0.750. The predicted octanol–water partition coefficient (Wildman–Crippen LogP) is 1.94. The van der Waals surface area contributed by atoms with Crippen molar-refractivity contribution in [1.29, 1.82) is 0 Å². The lowest BCUT2D eigenvalue weighted by molar-refractivity contribution is -0.230. The standard InChI is InChI=1S/C12H17ClO5/c1-7(13)5-12(10(14)15-4)6-8-9(18-12)17-11(2,3)16-8/h8-9H,1,5-6H2,2-4H3/t8-,9+,12-/m1/s1. The first-order valence-electron chi connectivity index (χ1n) is 5.73. The molecule has 2 saturated heterocycles. The number of halogens is 1. The lowest BCUT2D eigenvalue weighted by atomic mass is 9.95. The van der Waals surface area contributed by atoms with E-state index in [-0.39, 0.29) is 12.5 Å². The summed E-state index contributed by atoms with van der Waals surface area (Å²) in [4.78, 5) is 11.9. The van der Waals surface area contributed by atoms with Crippen LogP contribution >= 0.6 is 11.6 Å². The van der Waals surface area contributed by atoms with Gasteiger partial charge in [0.1, 0.15) is 6.10 Å². The molecule has 0 N–H and O–H groups in total. The van der Waals surface area contributed by atoms with Gasteiger partial charge in [0.2, 0.25) is 0 Å². The van der Waals surface area contributed by atoms with E-state index < -0.39 is 23.6 Å². The molecule has 18 heavy (non-hydrogen) atoms. The number of ether oxygens (including phenoxy) is 4. The van der Waals surface area contributed by atoms with Crippen molar-refractivity contribution >= 4 is 17.6 Å². The monoisotopic (exact) mass is 276 g/mol. The van der Waals surface area contributed by atoms with Crippen molar-refractivity contribution in [3.63, 3.8) is 0 Å². The summed E-state index contributed by atoms with van der Waals surface area (Å²) in [6.45, 7) is 7.20. The van der Waals surface area contributed by atoms with Gasteiger partial charge in [-0.15, -0.1) is 0 Å². The topological polar surface area (TPSA) is 54.0 Å². The molecular weight excluding hydrogens is 260 g/mol. The van der Waals surface area contributed by atoms with Gasteiger partial charge >= 0.3 is 5.97 Å². The molecule has 2 rings (SSSR count). The molecule has 0 unspecified atom stereocenters. The number of hydrogen-bond donors (Lipinski definition) is 0. The first kappa shape index (κ1) is 13.8. The lowest BCUT2D eigenvalue weighted by Crippen LogP contribution is -2.41. The highest BCUT2D eigenvalue weighted by molar-refractivity contribution is 6.29. The molecule has 0 aromatic heterocycles. The van der Waals surface area contributed by atoms with Crippen LogP contribution in [0, 0.1) is 0 Å². The maximum atomic E-state index is 11.9. The summed E-state index contributed by atoms with van der Waals surface area (Å²) in [5, 5.41) is 0.333. The van der Waals surface area contributed by atoms with E-state index in [0.29, 0.717) is 11.5 Å². The minimum absolute atomic E-state index is 0.182. The summed E-state index contributed by atoms with van der Waals surface area (Å²) < 4.78 is 21.7. The van der Waals surface area contributed by atoms with Gasteiger partial charge in [-0.05, 0) is 13.8 Å². The van der Waals surface area contributed by atoms with Crippen molar-refractivity contribution < 1.29 is 23.7 Å². The smallest absolute Gasteiger partial charge is 0.338 e. The van der Waals surface area contributed by atoms with Crippen LogP contribution in [0.2, 0.25) is 0 Å². The number of carbonyl (C=O) groups excluding carboxylic acids is 1. The van der Waals surface area contributed by atoms with E-state index in [1.807, 2.05) is 0 Å². The molecular formula is C12H17ClO5. The summed E-state index contributed by atoms with van der Waals surface area (Å²) in [5.74, 6) is -1.18. The van der Waals surface area contributed by atoms with Crippen LogP contribution in [0.1, 0.15) is 26.7 Å². The number of hydrogen-bond acceptors (Lipinski definition) is 5. The average Bonchev–Trinajstić information content (AvgIpc) is 2.66. The molecule has 5 nitrogen and oxygen atoms in total. The molecule has 0 spiro atoms. The highest BCUT2D eigenvalue weighted by atomic mass is 35.5. The summed E-state index contributed by atoms with van der Waals surface area (Å²) in [6.07, 6.45) is -0.341. The Kier molecular flexibility index (Phi) is 3.44. The first-order chi connectivity index (χ1) is 8.28. The molecule has 0 amide bonds. The molecule has 0 aromatic carbocycles. The number of rotatable bonds is 3. The van der Waals surface area contributed by atoms with Gasteiger partial charge in [0.25, 0.3) is 0 Å². The Morgan fingerprint density at radius 3 is 2.61 bits per heavy atom. The van der Waals surface area contributed by atoms with Gasteiger partial charge in [-0.3, -0.25) is 0 Å². The van der Waals surface area contributed by atoms with Crippen LogP contribution in [0.3, 0.4) is 0 Å². The van der Waals surface area contributed by atoms with Crippen molar-refractivity contribution in [3.8, 4) is 0 Å². The van der Waals surface area contributed by atoms with E-state index in [2.05, 4.69) is 6.58 Å². The molecule has 3 atom stereocenters. The third-order valence-electron chi connectivity index (χ3n) is 3.05. The Labute approximate surface area is 111 Å². The van der Waals surface area contributed by atoms with E-state index in [1.165, 1.54) is 7.11 Å². The van der Waals surface area contributed by atoms with E-state index in [0.717, 1.165) is 0 Å². The molecule has 0 saturated carbocycles. The van der Waals surface area contributed by atoms with Crippen LogP contribution in [0.25, 0.3) is 0 Å². The second-order valence-corrected chi connectivity index (χ2v) is 5.58. The van der Waals surface area contributed by atoms with E-state index in [9.17, 15) is 4.79 Å². The van der Waals surface area contributed by atoms with Crippen LogP contribution in [-0.4, -0.2) is 36.9 Å². The van der Waals surface area contributed by atoms with Crippen LogP contribution in [0.15, 0.2) is 11.6 Å². The minimum atomic E-state index is -1.15. The molecule has 2 fully saturated rings. The van der Waals surface area contributed by atoms with Gasteiger partial charge in [-0.25, -0.2) is 4.79 Å². The number of methoxy groups -OCH3 is 1. The molecule has 6 heteroatoms. The molecule has 102 valence electrons. The maximum absolute atomic E-state index is 11.9. The summed E-state index contributed by atoms with van der Waals surface area (Å²) in [5.41, 5.74) is -1.15. The third-order valence-corrected chi connectivity index (χ3v) is 3.18. The molecule has 0 aliphatic carbocycles. The zero-order chi connectivity index (χ0) is 13.6. The molecule has 0 bridgehead atoms. The zero-order valence-electron chi connectivity index (χ0n) is 10.7. The van der Waals surface area contributed by atoms with Gasteiger partial charge in [0, 0.05) is 17.9 Å². The first-order valence-corrected chi connectivity index (χ1v) is 6.11. The van der Waals surface area contributed by atoms with Crippen LogP contribution < -0.4 is 0 Å². The van der Waals surface area contributed by atoms with Gasteiger partial charge in [-0.2, -0.15) is 0 Å². The van der Waals surface area contributed by atoms with Gasteiger partial charge in [0.05, 0.1) is 7.11 Å². The Morgan fingerprint density at radius 2 is 2.11 bits per heavy atom. The molecule has 2 aliphatic heterocycles. The lowest BCUT2D eigenvalue weighted by Gasteiger charge is -2.28. The second kappa shape index (κ2) is 4.49. The van der Waals surface area contributed by atoms with Crippen molar-refractivity contribution in [1.82, 2.24) is 0 Å². The number of fused-ring (bicyclic) bond motifs is 1. The van der Waals surface area contributed by atoms with E-state index >= 15 is 0 Å². The van der Waals surface area contributed by atoms with Crippen molar-refractivity contribution in [2.45, 2.75) is 50.5 Å². The van der Waals surface area contributed by atoms with Crippen molar-refractivity contribution in [2.75, 3.05) is 7.11 Å². The van der Waals surface area contributed by atoms with Crippen LogP contribution in [-0.2, 0) is 23.7 Å². The highest BCUT2D eigenvalue weighted by Gasteiger charge is 2.59. The fourth-order valence-corrected chi connectivity index (χ4v) is 2.67. The van der Waals surface area contributed by atoms with Gasteiger partial charge in [0.15, 0.2) is 17.7 Å². The van der Waals surface area contributed by atoms with Crippen molar-refractivity contribution in [2.24, 2.45) is 0 Å². The average molecular weight is 277 g/mol. The molecule has 0 aromatic rings. The van der Waals surface area contributed by atoms with E-state index in [1.54, 1.807) is 13.8 Å². The van der Waals surface area contributed by atoms with Gasteiger partial charge in [-0.1, -0.05) is 18.2 Å². The fourth-order valence-electron chi connectivity index (χ4n) is 2.45. The van der Waals surface area contributed by atoms with Crippen LogP contribution in [0.4, 0.5) is 0 Å². The van der Waals surface area contributed by atoms with E-state index in [4.69, 9.17) is 30.5 Å².